The third-order valence-corrected chi connectivity index (χ3v) is 3.41. The van der Waals surface area contributed by atoms with Crippen molar-refractivity contribution in [3.8, 4) is 11.8 Å². The third kappa shape index (κ3) is 3.40. The van der Waals surface area contributed by atoms with E-state index < -0.39 is 12.4 Å². The number of benzene rings is 2. The largest absolute Gasteiger partial charge is 0.482 e. The van der Waals surface area contributed by atoms with Crippen molar-refractivity contribution >= 4 is 17.1 Å². The molecule has 0 fully saturated rings. The zero-order valence-electron chi connectivity index (χ0n) is 12.6. The first-order chi connectivity index (χ1) is 12.0. The first-order valence-electron chi connectivity index (χ1n) is 7.05. The number of carbonyl (C=O) groups is 1. The van der Waals surface area contributed by atoms with Crippen molar-refractivity contribution < 1.29 is 27.8 Å². The Morgan fingerprint density at radius 2 is 2.12 bits per heavy atom. The van der Waals surface area contributed by atoms with Crippen LogP contribution in [0.5, 0.6) is 5.75 Å². The van der Waals surface area contributed by atoms with Crippen LogP contribution in [-0.4, -0.2) is 16.1 Å². The van der Waals surface area contributed by atoms with E-state index in [-0.39, 0.29) is 40.5 Å². The highest BCUT2D eigenvalue weighted by Gasteiger charge is 2.14. The topological polar surface area (TPSA) is 96.3 Å². The Balaban J connectivity index is 1.84. The van der Waals surface area contributed by atoms with Crippen LogP contribution in [0.4, 0.5) is 8.78 Å². The Morgan fingerprint density at radius 1 is 1.32 bits per heavy atom. The van der Waals surface area contributed by atoms with Crippen LogP contribution < -0.4 is 4.74 Å². The SMILES string of the molecule is N#Cc1ccc(C(F)F)cc1OCc1nc2ccc(C(=O)O)cc2o1. The van der Waals surface area contributed by atoms with E-state index in [2.05, 4.69) is 4.98 Å². The lowest BCUT2D eigenvalue weighted by molar-refractivity contribution is 0.0697. The number of nitriles is 1. The van der Waals surface area contributed by atoms with Crippen molar-refractivity contribution in [1.82, 2.24) is 4.98 Å². The van der Waals surface area contributed by atoms with Crippen molar-refractivity contribution in [1.29, 1.82) is 5.26 Å². The van der Waals surface area contributed by atoms with Gasteiger partial charge in [-0.05, 0) is 30.3 Å². The number of hydrogen-bond donors (Lipinski definition) is 1. The van der Waals surface area contributed by atoms with E-state index in [4.69, 9.17) is 19.5 Å². The van der Waals surface area contributed by atoms with Gasteiger partial charge in [-0.1, -0.05) is 6.07 Å². The summed E-state index contributed by atoms with van der Waals surface area (Å²) in [7, 11) is 0. The van der Waals surface area contributed by atoms with Crippen LogP contribution in [0.3, 0.4) is 0 Å². The minimum Gasteiger partial charge on any atom is -0.482 e. The number of carboxylic acids is 1. The predicted octanol–water partition coefficient (Wildman–Crippen LogP) is 3.91. The zero-order chi connectivity index (χ0) is 18.0. The lowest BCUT2D eigenvalue weighted by Crippen LogP contribution is -1.98. The molecule has 0 spiro atoms. The number of oxazole rings is 1. The van der Waals surface area contributed by atoms with Crippen LogP contribution in [0.1, 0.15) is 33.8 Å². The molecule has 0 aliphatic heterocycles. The summed E-state index contributed by atoms with van der Waals surface area (Å²) in [6.45, 7) is -0.196. The summed E-state index contributed by atoms with van der Waals surface area (Å²) in [4.78, 5) is 15.1. The highest BCUT2D eigenvalue weighted by molar-refractivity contribution is 5.91. The van der Waals surface area contributed by atoms with Gasteiger partial charge >= 0.3 is 5.97 Å². The Hall–Kier alpha value is -3.47. The number of ether oxygens (including phenoxy) is 1. The van der Waals surface area contributed by atoms with Gasteiger partial charge in [0.15, 0.2) is 12.2 Å². The molecule has 0 aliphatic rings. The molecule has 6 nitrogen and oxygen atoms in total. The maximum atomic E-state index is 12.8. The third-order valence-electron chi connectivity index (χ3n) is 3.41. The highest BCUT2D eigenvalue weighted by atomic mass is 19.3. The number of aromatic nitrogens is 1. The molecule has 126 valence electrons. The molecular formula is C17H10F2N2O4. The van der Waals surface area contributed by atoms with Gasteiger partial charge in [0.05, 0.1) is 11.1 Å². The molecule has 0 atom stereocenters. The van der Waals surface area contributed by atoms with Crippen LogP contribution in [-0.2, 0) is 6.61 Å². The van der Waals surface area contributed by atoms with Crippen LogP contribution in [0.15, 0.2) is 40.8 Å². The summed E-state index contributed by atoms with van der Waals surface area (Å²) in [5, 5.41) is 18.0. The number of rotatable bonds is 5. The fourth-order valence-electron chi connectivity index (χ4n) is 2.19. The fourth-order valence-corrected chi connectivity index (χ4v) is 2.19. The molecule has 0 saturated carbocycles. The zero-order valence-corrected chi connectivity index (χ0v) is 12.6. The normalized spacial score (nSPS) is 10.8. The molecule has 1 heterocycles. The molecule has 3 rings (SSSR count). The van der Waals surface area contributed by atoms with Crippen molar-refractivity contribution in [3.63, 3.8) is 0 Å². The molecule has 0 aliphatic carbocycles. The lowest BCUT2D eigenvalue weighted by Gasteiger charge is -2.08. The standard InChI is InChI=1S/C17H10F2N2O4/c18-16(19)9-1-2-11(7-20)13(5-9)24-8-15-21-12-4-3-10(17(22)23)6-14(12)25-15/h1-6,16H,8H2,(H,22,23). The molecule has 1 aromatic heterocycles. The van der Waals surface area contributed by atoms with E-state index in [1.54, 1.807) is 0 Å². The van der Waals surface area contributed by atoms with Crippen molar-refractivity contribution in [2.45, 2.75) is 13.0 Å². The molecule has 8 heteroatoms. The highest BCUT2D eigenvalue weighted by Crippen LogP contribution is 2.27. The fraction of sp³-hybridized carbons (Fsp3) is 0.118. The van der Waals surface area contributed by atoms with E-state index in [9.17, 15) is 13.6 Å². The number of aromatic carboxylic acids is 1. The molecule has 25 heavy (non-hydrogen) atoms. The number of fused-ring (bicyclic) bond motifs is 1. The maximum Gasteiger partial charge on any atom is 0.335 e. The molecule has 0 radical (unpaired) electrons. The molecule has 0 saturated heterocycles. The summed E-state index contributed by atoms with van der Waals surface area (Å²) in [5.74, 6) is -0.976. The van der Waals surface area contributed by atoms with Gasteiger partial charge in [0.2, 0.25) is 5.89 Å². The van der Waals surface area contributed by atoms with Gasteiger partial charge < -0.3 is 14.3 Å². The van der Waals surface area contributed by atoms with E-state index in [1.807, 2.05) is 6.07 Å². The Labute approximate surface area is 139 Å². The minimum absolute atomic E-state index is 0.00576. The first kappa shape index (κ1) is 16.4. The molecular weight excluding hydrogens is 334 g/mol. The Kier molecular flexibility index (Phi) is 4.31. The number of halogens is 2. The molecule has 2 aromatic carbocycles. The maximum absolute atomic E-state index is 12.8. The summed E-state index contributed by atoms with van der Waals surface area (Å²) in [6, 6.07) is 9.56. The Bertz CT molecular complexity index is 992. The molecule has 0 amide bonds. The van der Waals surface area contributed by atoms with Crippen LogP contribution >= 0.6 is 0 Å². The van der Waals surface area contributed by atoms with Gasteiger partial charge in [0.1, 0.15) is 17.3 Å². The summed E-state index contributed by atoms with van der Waals surface area (Å²) in [6.07, 6.45) is -2.69. The van der Waals surface area contributed by atoms with Gasteiger partial charge in [-0.15, -0.1) is 0 Å². The van der Waals surface area contributed by atoms with Gasteiger partial charge in [-0.3, -0.25) is 0 Å². The minimum atomic E-state index is -2.69. The van der Waals surface area contributed by atoms with E-state index in [0.717, 1.165) is 12.1 Å². The quantitative estimate of drug-likeness (QED) is 0.754. The van der Waals surface area contributed by atoms with E-state index >= 15 is 0 Å². The Morgan fingerprint density at radius 3 is 2.80 bits per heavy atom. The van der Waals surface area contributed by atoms with Crippen LogP contribution in [0.2, 0.25) is 0 Å². The van der Waals surface area contributed by atoms with Crippen molar-refractivity contribution in [3.05, 3.63) is 59.0 Å². The van der Waals surface area contributed by atoms with Gasteiger partial charge in [0.25, 0.3) is 6.43 Å². The average Bonchev–Trinajstić information content (AvgIpc) is 3.01. The van der Waals surface area contributed by atoms with Crippen LogP contribution in [0.25, 0.3) is 11.1 Å². The van der Waals surface area contributed by atoms with E-state index in [0.29, 0.717) is 5.52 Å². The number of nitrogens with zero attached hydrogens (tertiary/aromatic N) is 2. The van der Waals surface area contributed by atoms with Crippen molar-refractivity contribution in [2.75, 3.05) is 0 Å². The first-order valence-corrected chi connectivity index (χ1v) is 7.05. The summed E-state index contributed by atoms with van der Waals surface area (Å²) >= 11 is 0. The smallest absolute Gasteiger partial charge is 0.335 e. The molecule has 0 unspecified atom stereocenters. The van der Waals surface area contributed by atoms with Crippen LogP contribution in [0, 0.1) is 11.3 Å². The second-order valence-electron chi connectivity index (χ2n) is 5.05. The summed E-state index contributed by atoms with van der Waals surface area (Å²) < 4.78 is 36.3. The number of carboxylic acid groups (broad SMARTS) is 1. The van der Waals surface area contributed by atoms with Gasteiger partial charge in [-0.25, -0.2) is 18.6 Å². The second-order valence-corrected chi connectivity index (χ2v) is 5.05. The molecule has 1 N–H and O–H groups in total. The lowest BCUT2D eigenvalue weighted by atomic mass is 10.1. The number of alkyl halides is 2. The average molecular weight is 344 g/mol. The second kappa shape index (κ2) is 6.57. The summed E-state index contributed by atoms with van der Waals surface area (Å²) in [5.41, 5.74) is 0.588. The molecule has 0 bridgehead atoms. The monoisotopic (exact) mass is 344 g/mol. The van der Waals surface area contributed by atoms with Crippen molar-refractivity contribution in [2.24, 2.45) is 0 Å². The van der Waals surface area contributed by atoms with Gasteiger partial charge in [0, 0.05) is 5.56 Å². The molecule has 3 aromatic rings. The number of hydrogen-bond acceptors (Lipinski definition) is 5. The predicted molar refractivity (Wildman–Crippen MR) is 81.4 cm³/mol. The van der Waals surface area contributed by atoms with E-state index in [1.165, 1.54) is 24.3 Å². The van der Waals surface area contributed by atoms with Gasteiger partial charge in [-0.2, -0.15) is 5.26 Å².